The van der Waals surface area contributed by atoms with E-state index in [4.69, 9.17) is 4.74 Å². The van der Waals surface area contributed by atoms with E-state index < -0.39 is 5.60 Å². The van der Waals surface area contributed by atoms with Crippen LogP contribution in [0.1, 0.15) is 58.8 Å². The van der Waals surface area contributed by atoms with Crippen LogP contribution in [0.25, 0.3) is 0 Å². The van der Waals surface area contributed by atoms with E-state index in [9.17, 15) is 9.90 Å². The monoisotopic (exact) mass is 340 g/mol. The largest absolute Gasteiger partial charge is 0.389 e. The highest BCUT2D eigenvalue weighted by Gasteiger charge is 2.35. The Bertz CT molecular complexity index is 373. The number of β-amino-alcohol motifs (C(OH)–C–C–N with tert-alkyl or cyclic N) is 1. The zero-order chi connectivity index (χ0) is 17.4. The average molecular weight is 341 g/mol. The van der Waals surface area contributed by atoms with E-state index in [0.29, 0.717) is 13.2 Å². The lowest BCUT2D eigenvalue weighted by Crippen LogP contribution is -2.49. The fourth-order valence-electron chi connectivity index (χ4n) is 3.90. The molecule has 0 bridgehead atoms. The number of hydrogen-bond acceptors (Lipinski definition) is 4. The molecule has 5 heteroatoms. The Labute approximate surface area is 147 Å². The van der Waals surface area contributed by atoms with Gasteiger partial charge in [-0.25, -0.2) is 0 Å². The normalized spacial score (nSPS) is 29.5. The van der Waals surface area contributed by atoms with Gasteiger partial charge in [-0.1, -0.05) is 6.92 Å². The summed E-state index contributed by atoms with van der Waals surface area (Å²) in [5, 5.41) is 13.8. The summed E-state index contributed by atoms with van der Waals surface area (Å²) in [6.45, 7) is 9.04. The molecule has 140 valence electrons. The molecule has 5 nitrogen and oxygen atoms in total. The number of nitrogens with one attached hydrogen (secondary N) is 1. The third-order valence-electron chi connectivity index (χ3n) is 5.65. The first kappa shape index (κ1) is 19.7. The zero-order valence-corrected chi connectivity index (χ0v) is 15.6. The molecule has 1 amide bonds. The number of carbonyl (C=O) groups excluding carboxylic acids is 1. The second-order valence-corrected chi connectivity index (χ2v) is 7.80. The van der Waals surface area contributed by atoms with E-state index in [1.54, 1.807) is 0 Å². The molecule has 1 saturated carbocycles. The van der Waals surface area contributed by atoms with Gasteiger partial charge in [-0.15, -0.1) is 0 Å². The molecule has 1 heterocycles. The maximum atomic E-state index is 12.2. The summed E-state index contributed by atoms with van der Waals surface area (Å²) in [4.78, 5) is 14.6. The Morgan fingerprint density at radius 2 is 1.92 bits per heavy atom. The number of amides is 1. The zero-order valence-electron chi connectivity index (χ0n) is 15.6. The smallest absolute Gasteiger partial charge is 0.223 e. The summed E-state index contributed by atoms with van der Waals surface area (Å²) in [6.07, 6.45) is 6.81. The summed E-state index contributed by atoms with van der Waals surface area (Å²) in [5.41, 5.74) is -0.499. The fourth-order valence-corrected chi connectivity index (χ4v) is 3.90. The van der Waals surface area contributed by atoms with Gasteiger partial charge in [0.1, 0.15) is 0 Å². The summed E-state index contributed by atoms with van der Waals surface area (Å²) in [6, 6.07) is 0. The molecule has 2 rings (SSSR count). The van der Waals surface area contributed by atoms with Crippen molar-refractivity contribution >= 4 is 5.91 Å². The summed E-state index contributed by atoms with van der Waals surface area (Å²) >= 11 is 0. The molecule has 0 aromatic carbocycles. The van der Waals surface area contributed by atoms with Crippen LogP contribution in [0.3, 0.4) is 0 Å². The Morgan fingerprint density at radius 3 is 2.54 bits per heavy atom. The standard InChI is InChI=1S/C19H36N2O3/c1-3-24-14-4-11-20-18(22)17-7-12-21(13-8-17)15-19(23)9-5-16(2)6-10-19/h16-17,23H,3-15H2,1-2H3,(H,20,22). The van der Waals surface area contributed by atoms with Gasteiger partial charge in [-0.2, -0.15) is 0 Å². The first-order valence-corrected chi connectivity index (χ1v) is 9.82. The van der Waals surface area contributed by atoms with Crippen molar-refractivity contribution in [3.8, 4) is 0 Å². The highest BCUT2D eigenvalue weighted by atomic mass is 16.5. The molecule has 24 heavy (non-hydrogen) atoms. The van der Waals surface area contributed by atoms with Crippen molar-refractivity contribution in [2.45, 2.75) is 64.4 Å². The highest BCUT2D eigenvalue weighted by molar-refractivity contribution is 5.78. The van der Waals surface area contributed by atoms with Crippen LogP contribution in [0.15, 0.2) is 0 Å². The molecule has 0 radical (unpaired) electrons. The van der Waals surface area contributed by atoms with Crippen molar-refractivity contribution in [2.24, 2.45) is 11.8 Å². The summed E-state index contributed by atoms with van der Waals surface area (Å²) in [7, 11) is 0. The lowest BCUT2D eigenvalue weighted by Gasteiger charge is -2.41. The number of hydrogen-bond donors (Lipinski definition) is 2. The number of rotatable bonds is 8. The maximum absolute atomic E-state index is 12.2. The van der Waals surface area contributed by atoms with Crippen molar-refractivity contribution in [1.82, 2.24) is 10.2 Å². The molecule has 1 aliphatic heterocycles. The van der Waals surface area contributed by atoms with E-state index in [0.717, 1.165) is 77.1 Å². The van der Waals surface area contributed by atoms with E-state index in [-0.39, 0.29) is 11.8 Å². The fraction of sp³-hybridized carbons (Fsp3) is 0.947. The molecule has 2 N–H and O–H groups in total. The molecule has 0 spiro atoms. The number of ether oxygens (including phenoxy) is 1. The quantitative estimate of drug-likeness (QED) is 0.665. The van der Waals surface area contributed by atoms with Crippen LogP contribution < -0.4 is 5.32 Å². The van der Waals surface area contributed by atoms with Crippen LogP contribution in [0, 0.1) is 11.8 Å². The molecule has 0 unspecified atom stereocenters. The molecular weight excluding hydrogens is 304 g/mol. The number of piperidine rings is 1. The van der Waals surface area contributed by atoms with Gasteiger partial charge in [0.05, 0.1) is 5.60 Å². The highest BCUT2D eigenvalue weighted by Crippen LogP contribution is 2.33. The molecule has 0 atom stereocenters. The second-order valence-electron chi connectivity index (χ2n) is 7.80. The molecular formula is C19H36N2O3. The third-order valence-corrected chi connectivity index (χ3v) is 5.65. The van der Waals surface area contributed by atoms with E-state index in [1.807, 2.05) is 6.92 Å². The van der Waals surface area contributed by atoms with Crippen LogP contribution >= 0.6 is 0 Å². The lowest BCUT2D eigenvalue weighted by atomic mass is 9.79. The minimum atomic E-state index is -0.499. The van der Waals surface area contributed by atoms with Crippen molar-refractivity contribution in [2.75, 3.05) is 39.4 Å². The van der Waals surface area contributed by atoms with Crippen LogP contribution in [-0.4, -0.2) is 60.9 Å². The predicted octanol–water partition coefficient (Wildman–Crippen LogP) is 2.18. The molecule has 0 aromatic rings. The van der Waals surface area contributed by atoms with Crippen molar-refractivity contribution in [3.05, 3.63) is 0 Å². The van der Waals surface area contributed by atoms with Gasteiger partial charge in [0.15, 0.2) is 0 Å². The average Bonchev–Trinajstić information content (AvgIpc) is 2.58. The van der Waals surface area contributed by atoms with Crippen LogP contribution in [0.5, 0.6) is 0 Å². The molecule has 1 saturated heterocycles. The van der Waals surface area contributed by atoms with Crippen LogP contribution in [0.2, 0.25) is 0 Å². The van der Waals surface area contributed by atoms with E-state index >= 15 is 0 Å². The first-order chi connectivity index (χ1) is 11.5. The molecule has 2 aliphatic rings. The summed E-state index contributed by atoms with van der Waals surface area (Å²) in [5.74, 6) is 1.08. The van der Waals surface area contributed by atoms with Crippen molar-refractivity contribution in [3.63, 3.8) is 0 Å². The van der Waals surface area contributed by atoms with Gasteiger partial charge in [-0.3, -0.25) is 4.79 Å². The maximum Gasteiger partial charge on any atom is 0.223 e. The van der Waals surface area contributed by atoms with Gasteiger partial charge in [0.25, 0.3) is 0 Å². The number of aliphatic hydroxyl groups is 1. The van der Waals surface area contributed by atoms with E-state index in [2.05, 4.69) is 17.1 Å². The molecule has 0 aromatic heterocycles. The molecule has 1 aliphatic carbocycles. The van der Waals surface area contributed by atoms with Crippen molar-refractivity contribution < 1.29 is 14.6 Å². The van der Waals surface area contributed by atoms with Gasteiger partial charge in [0, 0.05) is 32.2 Å². The van der Waals surface area contributed by atoms with Gasteiger partial charge >= 0.3 is 0 Å². The number of carbonyl (C=O) groups is 1. The minimum absolute atomic E-state index is 0.134. The Balaban J connectivity index is 1.63. The van der Waals surface area contributed by atoms with Crippen molar-refractivity contribution in [1.29, 1.82) is 0 Å². The Kier molecular flexibility index (Phi) is 7.98. The van der Waals surface area contributed by atoms with Gasteiger partial charge in [0.2, 0.25) is 5.91 Å². The predicted molar refractivity (Wildman–Crippen MR) is 95.9 cm³/mol. The van der Waals surface area contributed by atoms with Gasteiger partial charge < -0.3 is 20.1 Å². The topological polar surface area (TPSA) is 61.8 Å². The SMILES string of the molecule is CCOCCCNC(=O)C1CCN(CC2(O)CCC(C)CC2)CC1. The number of nitrogens with zero attached hydrogens (tertiary/aromatic N) is 1. The van der Waals surface area contributed by atoms with E-state index in [1.165, 1.54) is 0 Å². The lowest BCUT2D eigenvalue weighted by molar-refractivity contribution is -0.126. The minimum Gasteiger partial charge on any atom is -0.389 e. The third kappa shape index (κ3) is 6.34. The second kappa shape index (κ2) is 9.73. The Morgan fingerprint density at radius 1 is 1.25 bits per heavy atom. The van der Waals surface area contributed by atoms with Crippen LogP contribution in [0.4, 0.5) is 0 Å². The molecule has 2 fully saturated rings. The number of likely N-dealkylation sites (tertiary alicyclic amines) is 1. The van der Waals surface area contributed by atoms with Gasteiger partial charge in [-0.05, 0) is 70.9 Å². The summed E-state index contributed by atoms with van der Waals surface area (Å²) < 4.78 is 5.28. The first-order valence-electron chi connectivity index (χ1n) is 9.82. The van der Waals surface area contributed by atoms with Crippen LogP contribution in [-0.2, 0) is 9.53 Å². The Hall–Kier alpha value is -0.650.